The van der Waals surface area contributed by atoms with E-state index in [1.807, 2.05) is 61.5 Å². The zero-order chi connectivity index (χ0) is 15.1. The summed E-state index contributed by atoms with van der Waals surface area (Å²) in [6, 6.07) is 17.4. The number of thiocarbonyl (C=S) groups is 1. The molecule has 0 unspecified atom stereocenters. The number of rotatable bonds is 3. The minimum atomic E-state index is -0.144. The summed E-state index contributed by atoms with van der Waals surface area (Å²) in [6.45, 7) is 2.02. The van der Waals surface area contributed by atoms with Gasteiger partial charge in [0.1, 0.15) is 0 Å². The van der Waals surface area contributed by atoms with Crippen molar-refractivity contribution >= 4 is 28.9 Å². The second-order valence-corrected chi connectivity index (χ2v) is 5.06. The SMILES string of the molecule is Cc1ccc(NC(=S)NNC(=O)Cc2ccccc2)cc1. The highest BCUT2D eigenvalue weighted by atomic mass is 32.1. The van der Waals surface area contributed by atoms with Crippen LogP contribution in [-0.4, -0.2) is 11.0 Å². The third kappa shape index (κ3) is 5.24. The molecule has 4 nitrogen and oxygen atoms in total. The molecule has 0 heterocycles. The third-order valence-corrected chi connectivity index (χ3v) is 3.04. The van der Waals surface area contributed by atoms with Gasteiger partial charge in [0.25, 0.3) is 0 Å². The topological polar surface area (TPSA) is 53.2 Å². The van der Waals surface area contributed by atoms with Crippen molar-refractivity contribution in [3.8, 4) is 0 Å². The van der Waals surface area contributed by atoms with Crippen LogP contribution in [0.5, 0.6) is 0 Å². The van der Waals surface area contributed by atoms with Crippen LogP contribution in [0.3, 0.4) is 0 Å². The monoisotopic (exact) mass is 299 g/mol. The van der Waals surface area contributed by atoms with Gasteiger partial charge in [-0.3, -0.25) is 15.6 Å². The molecule has 0 aliphatic heterocycles. The molecule has 0 saturated heterocycles. The number of hydrogen-bond donors (Lipinski definition) is 3. The van der Waals surface area contributed by atoms with Crippen LogP contribution in [0, 0.1) is 6.92 Å². The number of benzene rings is 2. The number of anilines is 1. The highest BCUT2D eigenvalue weighted by Crippen LogP contribution is 2.07. The average molecular weight is 299 g/mol. The van der Waals surface area contributed by atoms with Crippen molar-refractivity contribution in [2.45, 2.75) is 13.3 Å². The summed E-state index contributed by atoms with van der Waals surface area (Å²) in [5, 5.41) is 3.34. The Morgan fingerprint density at radius 2 is 1.67 bits per heavy atom. The first-order valence-corrected chi connectivity index (χ1v) is 7.01. The van der Waals surface area contributed by atoms with Crippen LogP contribution < -0.4 is 16.2 Å². The third-order valence-electron chi connectivity index (χ3n) is 2.83. The van der Waals surface area contributed by atoms with Crippen molar-refractivity contribution in [3.05, 3.63) is 65.7 Å². The average Bonchev–Trinajstić information content (AvgIpc) is 2.49. The molecule has 3 N–H and O–H groups in total. The second-order valence-electron chi connectivity index (χ2n) is 4.66. The molecular weight excluding hydrogens is 282 g/mol. The molecule has 2 aromatic carbocycles. The second kappa shape index (κ2) is 7.40. The zero-order valence-electron chi connectivity index (χ0n) is 11.7. The van der Waals surface area contributed by atoms with Crippen LogP contribution in [0.2, 0.25) is 0 Å². The first-order valence-electron chi connectivity index (χ1n) is 6.60. The standard InChI is InChI=1S/C16H17N3OS/c1-12-7-9-14(10-8-12)17-16(21)19-18-15(20)11-13-5-3-2-4-6-13/h2-10H,11H2,1H3,(H,18,20)(H2,17,19,21). The number of nitrogens with one attached hydrogen (secondary N) is 3. The van der Waals surface area contributed by atoms with Crippen molar-refractivity contribution in [1.82, 2.24) is 10.9 Å². The highest BCUT2D eigenvalue weighted by molar-refractivity contribution is 7.80. The fraction of sp³-hybridized carbons (Fsp3) is 0.125. The lowest BCUT2D eigenvalue weighted by molar-refractivity contribution is -0.120. The van der Waals surface area contributed by atoms with Crippen LogP contribution in [-0.2, 0) is 11.2 Å². The van der Waals surface area contributed by atoms with Gasteiger partial charge in [-0.05, 0) is 36.8 Å². The van der Waals surface area contributed by atoms with Gasteiger partial charge in [-0.25, -0.2) is 0 Å². The van der Waals surface area contributed by atoms with Gasteiger partial charge in [0.15, 0.2) is 5.11 Å². The van der Waals surface area contributed by atoms with Crippen LogP contribution in [0.4, 0.5) is 5.69 Å². The number of hydrogen-bond acceptors (Lipinski definition) is 2. The van der Waals surface area contributed by atoms with E-state index in [9.17, 15) is 4.79 Å². The largest absolute Gasteiger partial charge is 0.331 e. The lowest BCUT2D eigenvalue weighted by Crippen LogP contribution is -2.44. The first kappa shape index (κ1) is 15.0. The normalized spacial score (nSPS) is 9.76. The summed E-state index contributed by atoms with van der Waals surface area (Å²) in [6.07, 6.45) is 0.307. The molecule has 5 heteroatoms. The zero-order valence-corrected chi connectivity index (χ0v) is 12.5. The smallest absolute Gasteiger partial charge is 0.242 e. The Labute approximate surface area is 129 Å². The van der Waals surface area contributed by atoms with Gasteiger partial charge in [-0.2, -0.15) is 0 Å². The Hall–Kier alpha value is -2.40. The Kier molecular flexibility index (Phi) is 5.29. The maximum Gasteiger partial charge on any atom is 0.242 e. The molecule has 108 valence electrons. The molecule has 2 aromatic rings. The summed E-state index contributed by atoms with van der Waals surface area (Å²) >= 11 is 5.11. The molecule has 0 radical (unpaired) electrons. The quantitative estimate of drug-likeness (QED) is 0.602. The maximum atomic E-state index is 11.8. The van der Waals surface area contributed by atoms with Crippen LogP contribution in [0.1, 0.15) is 11.1 Å². The fourth-order valence-corrected chi connectivity index (χ4v) is 1.92. The van der Waals surface area contributed by atoms with Crippen molar-refractivity contribution < 1.29 is 4.79 Å². The fourth-order valence-electron chi connectivity index (χ4n) is 1.75. The molecule has 0 aliphatic carbocycles. The number of amides is 1. The Morgan fingerprint density at radius 3 is 2.33 bits per heavy atom. The first-order chi connectivity index (χ1) is 10.1. The number of carbonyl (C=O) groups is 1. The molecule has 0 aromatic heterocycles. The van der Waals surface area contributed by atoms with Crippen molar-refractivity contribution in [3.63, 3.8) is 0 Å². The van der Waals surface area contributed by atoms with Gasteiger partial charge in [-0.1, -0.05) is 48.0 Å². The van der Waals surface area contributed by atoms with E-state index in [2.05, 4.69) is 16.2 Å². The van der Waals surface area contributed by atoms with Crippen molar-refractivity contribution in [2.24, 2.45) is 0 Å². The Morgan fingerprint density at radius 1 is 1.00 bits per heavy atom. The van der Waals surface area contributed by atoms with Crippen molar-refractivity contribution in [1.29, 1.82) is 0 Å². The maximum absolute atomic E-state index is 11.8. The van der Waals surface area contributed by atoms with Crippen LogP contribution in [0.15, 0.2) is 54.6 Å². The Bertz CT molecular complexity index is 611. The van der Waals surface area contributed by atoms with E-state index >= 15 is 0 Å². The number of aryl methyl sites for hydroxylation is 1. The summed E-state index contributed by atoms with van der Waals surface area (Å²) in [5.74, 6) is -0.144. The molecule has 0 aliphatic rings. The molecule has 21 heavy (non-hydrogen) atoms. The lowest BCUT2D eigenvalue weighted by Gasteiger charge is -2.11. The van der Waals surface area contributed by atoms with Gasteiger partial charge >= 0.3 is 0 Å². The molecule has 0 saturated carbocycles. The van der Waals surface area contributed by atoms with Crippen molar-refractivity contribution in [2.75, 3.05) is 5.32 Å². The van der Waals surface area contributed by atoms with Gasteiger partial charge in [0.05, 0.1) is 6.42 Å². The van der Waals surface area contributed by atoms with Gasteiger partial charge < -0.3 is 5.32 Å². The van der Waals surface area contributed by atoms with Gasteiger partial charge in [0.2, 0.25) is 5.91 Å². The number of hydrazine groups is 1. The van der Waals surface area contributed by atoms with E-state index in [4.69, 9.17) is 12.2 Å². The van der Waals surface area contributed by atoms with Crippen LogP contribution in [0.25, 0.3) is 0 Å². The van der Waals surface area contributed by atoms with Crippen LogP contribution >= 0.6 is 12.2 Å². The molecule has 0 spiro atoms. The molecule has 0 fully saturated rings. The lowest BCUT2D eigenvalue weighted by atomic mass is 10.1. The summed E-state index contributed by atoms with van der Waals surface area (Å²) in [5.41, 5.74) is 8.26. The molecule has 0 bridgehead atoms. The van der Waals surface area contributed by atoms with E-state index in [0.717, 1.165) is 11.3 Å². The molecular formula is C16H17N3OS. The Balaban J connectivity index is 1.76. The van der Waals surface area contributed by atoms with E-state index < -0.39 is 0 Å². The minimum Gasteiger partial charge on any atom is -0.331 e. The molecule has 1 amide bonds. The summed E-state index contributed by atoms with van der Waals surface area (Å²) in [4.78, 5) is 11.8. The predicted octanol–water partition coefficient (Wildman–Crippen LogP) is 2.56. The van der Waals surface area contributed by atoms with Gasteiger partial charge in [-0.15, -0.1) is 0 Å². The van der Waals surface area contributed by atoms with E-state index in [1.54, 1.807) is 0 Å². The van der Waals surface area contributed by atoms with E-state index in [-0.39, 0.29) is 5.91 Å². The minimum absolute atomic E-state index is 0.144. The predicted molar refractivity (Wildman–Crippen MR) is 88.8 cm³/mol. The van der Waals surface area contributed by atoms with Gasteiger partial charge in [0, 0.05) is 5.69 Å². The summed E-state index contributed by atoms with van der Waals surface area (Å²) < 4.78 is 0. The number of carbonyl (C=O) groups excluding carboxylic acids is 1. The summed E-state index contributed by atoms with van der Waals surface area (Å²) in [7, 11) is 0. The van der Waals surface area contributed by atoms with E-state index in [0.29, 0.717) is 11.5 Å². The van der Waals surface area contributed by atoms with E-state index in [1.165, 1.54) is 5.56 Å². The molecule has 0 atom stereocenters. The highest BCUT2D eigenvalue weighted by Gasteiger charge is 2.03. The molecule has 2 rings (SSSR count).